The quantitative estimate of drug-likeness (QED) is 0.460. The van der Waals surface area contributed by atoms with Crippen LogP contribution in [-0.4, -0.2) is 10.9 Å². The van der Waals surface area contributed by atoms with Crippen LogP contribution in [0.1, 0.15) is 12.5 Å². The molecule has 13 heavy (non-hydrogen) atoms. The minimum absolute atomic E-state index is 0.510. The molecular weight excluding hydrogens is 209 g/mol. The molecule has 1 aromatic carbocycles. The van der Waals surface area contributed by atoms with Crippen LogP contribution in [-0.2, 0) is 6.42 Å². The van der Waals surface area contributed by atoms with Gasteiger partial charge in [-0.1, -0.05) is 40.5 Å². The summed E-state index contributed by atoms with van der Waals surface area (Å²) in [4.78, 5) is 0. The highest BCUT2D eigenvalue weighted by Gasteiger charge is 2.05. The highest BCUT2D eigenvalue weighted by Crippen LogP contribution is 2.25. The van der Waals surface area contributed by atoms with Crippen molar-refractivity contribution >= 4 is 28.9 Å². The molecule has 1 aromatic rings. The second-order valence-corrected chi connectivity index (χ2v) is 3.51. The van der Waals surface area contributed by atoms with Crippen molar-refractivity contribution in [3.8, 4) is 0 Å². The number of nitrogens with zero attached hydrogens (tertiary/aromatic N) is 1. The molecule has 0 saturated heterocycles. The molecule has 1 rings (SSSR count). The average molecular weight is 218 g/mol. The van der Waals surface area contributed by atoms with Crippen LogP contribution in [0.5, 0.6) is 0 Å². The van der Waals surface area contributed by atoms with Crippen LogP contribution in [0.3, 0.4) is 0 Å². The Kier molecular flexibility index (Phi) is 3.58. The van der Waals surface area contributed by atoms with E-state index in [4.69, 9.17) is 28.4 Å². The Morgan fingerprint density at radius 3 is 2.77 bits per heavy atom. The Morgan fingerprint density at radius 1 is 1.46 bits per heavy atom. The van der Waals surface area contributed by atoms with Gasteiger partial charge in [0.15, 0.2) is 0 Å². The largest absolute Gasteiger partial charge is 0.411 e. The van der Waals surface area contributed by atoms with Crippen LogP contribution < -0.4 is 0 Å². The smallest absolute Gasteiger partial charge is 0.0628 e. The third-order valence-corrected chi connectivity index (χ3v) is 2.51. The van der Waals surface area contributed by atoms with Gasteiger partial charge in [0.05, 0.1) is 15.8 Å². The zero-order chi connectivity index (χ0) is 9.84. The monoisotopic (exact) mass is 217 g/mol. The summed E-state index contributed by atoms with van der Waals surface area (Å²) in [7, 11) is 0. The van der Waals surface area contributed by atoms with Crippen LogP contribution in [0, 0.1) is 0 Å². The number of benzene rings is 1. The molecule has 0 atom stereocenters. The van der Waals surface area contributed by atoms with E-state index in [1.807, 2.05) is 12.1 Å². The van der Waals surface area contributed by atoms with Crippen LogP contribution in [0.4, 0.5) is 0 Å². The molecule has 70 valence electrons. The highest BCUT2D eigenvalue weighted by atomic mass is 35.5. The lowest BCUT2D eigenvalue weighted by Gasteiger charge is -2.03. The fourth-order valence-corrected chi connectivity index (χ4v) is 1.38. The summed E-state index contributed by atoms with van der Waals surface area (Å²) in [5, 5.41) is 12.6. The van der Waals surface area contributed by atoms with Gasteiger partial charge < -0.3 is 5.21 Å². The van der Waals surface area contributed by atoms with Crippen molar-refractivity contribution in [2.24, 2.45) is 5.16 Å². The van der Waals surface area contributed by atoms with Crippen molar-refractivity contribution in [2.75, 3.05) is 0 Å². The normalized spacial score (nSPS) is 11.8. The number of rotatable bonds is 2. The van der Waals surface area contributed by atoms with Crippen molar-refractivity contribution < 1.29 is 5.21 Å². The van der Waals surface area contributed by atoms with E-state index in [9.17, 15) is 0 Å². The Balaban J connectivity index is 2.96. The predicted octanol–water partition coefficient (Wildman–Crippen LogP) is 3.39. The molecule has 0 aromatic heterocycles. The summed E-state index contributed by atoms with van der Waals surface area (Å²) < 4.78 is 0. The van der Waals surface area contributed by atoms with Gasteiger partial charge in [-0.15, -0.1) is 0 Å². The van der Waals surface area contributed by atoms with E-state index in [2.05, 4.69) is 5.16 Å². The number of oxime groups is 1. The Bertz CT molecular complexity index is 336. The fourth-order valence-electron chi connectivity index (χ4n) is 0.996. The first kappa shape index (κ1) is 10.4. The third kappa shape index (κ3) is 2.61. The molecule has 0 spiro atoms. The van der Waals surface area contributed by atoms with Gasteiger partial charge in [-0.3, -0.25) is 0 Å². The molecule has 0 bridgehead atoms. The van der Waals surface area contributed by atoms with Gasteiger partial charge in [-0.25, -0.2) is 0 Å². The maximum atomic E-state index is 8.47. The van der Waals surface area contributed by atoms with E-state index in [0.717, 1.165) is 5.56 Å². The van der Waals surface area contributed by atoms with Crippen molar-refractivity contribution in [3.05, 3.63) is 33.8 Å². The summed E-state index contributed by atoms with van der Waals surface area (Å²) in [5.41, 5.74) is 1.47. The van der Waals surface area contributed by atoms with Gasteiger partial charge in [0.1, 0.15) is 0 Å². The average Bonchev–Trinajstić information content (AvgIpc) is 2.13. The standard InChI is InChI=1S/C9H9Cl2NO/c1-6(12-13)5-7-3-2-4-8(10)9(7)11/h2-4,13H,5H2,1H3/b12-6-. The van der Waals surface area contributed by atoms with Crippen molar-refractivity contribution in [1.29, 1.82) is 0 Å². The maximum Gasteiger partial charge on any atom is 0.0628 e. The van der Waals surface area contributed by atoms with Gasteiger partial charge in [-0.05, 0) is 18.6 Å². The lowest BCUT2D eigenvalue weighted by atomic mass is 10.1. The molecule has 1 N–H and O–H groups in total. The minimum Gasteiger partial charge on any atom is -0.411 e. The van der Waals surface area contributed by atoms with Gasteiger partial charge in [-0.2, -0.15) is 0 Å². The first-order chi connectivity index (χ1) is 6.15. The van der Waals surface area contributed by atoms with E-state index in [-0.39, 0.29) is 0 Å². The Morgan fingerprint density at radius 2 is 2.15 bits per heavy atom. The molecule has 0 fully saturated rings. The zero-order valence-corrected chi connectivity index (χ0v) is 8.60. The second-order valence-electron chi connectivity index (χ2n) is 2.72. The van der Waals surface area contributed by atoms with Crippen molar-refractivity contribution in [1.82, 2.24) is 0 Å². The first-order valence-corrected chi connectivity index (χ1v) is 4.51. The lowest BCUT2D eigenvalue weighted by molar-refractivity contribution is 0.317. The Labute approximate surface area is 86.8 Å². The van der Waals surface area contributed by atoms with E-state index >= 15 is 0 Å². The minimum atomic E-state index is 0.510. The predicted molar refractivity (Wildman–Crippen MR) is 55.1 cm³/mol. The molecule has 0 radical (unpaired) electrons. The number of hydrogen-bond donors (Lipinski definition) is 1. The zero-order valence-electron chi connectivity index (χ0n) is 7.09. The summed E-state index contributed by atoms with van der Waals surface area (Å²) in [6.45, 7) is 1.72. The van der Waals surface area contributed by atoms with Gasteiger partial charge in [0.2, 0.25) is 0 Å². The molecule has 0 aliphatic carbocycles. The van der Waals surface area contributed by atoms with Gasteiger partial charge in [0, 0.05) is 6.42 Å². The maximum absolute atomic E-state index is 8.47. The number of halogens is 2. The van der Waals surface area contributed by atoms with Crippen LogP contribution in [0.15, 0.2) is 23.4 Å². The topological polar surface area (TPSA) is 32.6 Å². The Hall–Kier alpha value is -0.730. The van der Waals surface area contributed by atoms with Crippen LogP contribution in [0.25, 0.3) is 0 Å². The molecular formula is C9H9Cl2NO. The van der Waals surface area contributed by atoms with Crippen molar-refractivity contribution in [3.63, 3.8) is 0 Å². The van der Waals surface area contributed by atoms with E-state index < -0.39 is 0 Å². The lowest BCUT2D eigenvalue weighted by Crippen LogP contribution is -1.98. The summed E-state index contributed by atoms with van der Waals surface area (Å²) in [6, 6.07) is 5.38. The second kappa shape index (κ2) is 4.49. The summed E-state index contributed by atoms with van der Waals surface area (Å²) in [5.74, 6) is 0. The first-order valence-electron chi connectivity index (χ1n) is 3.75. The molecule has 0 heterocycles. The van der Waals surface area contributed by atoms with E-state index in [1.54, 1.807) is 13.0 Å². The van der Waals surface area contributed by atoms with E-state index in [0.29, 0.717) is 22.2 Å². The molecule has 0 saturated carbocycles. The van der Waals surface area contributed by atoms with Crippen LogP contribution >= 0.6 is 23.2 Å². The molecule has 0 unspecified atom stereocenters. The molecule has 0 aliphatic rings. The van der Waals surface area contributed by atoms with Crippen molar-refractivity contribution in [2.45, 2.75) is 13.3 Å². The molecule has 2 nitrogen and oxygen atoms in total. The SMILES string of the molecule is C/C(Cc1cccc(Cl)c1Cl)=N/O. The van der Waals surface area contributed by atoms with E-state index in [1.165, 1.54) is 0 Å². The molecule has 4 heteroatoms. The van der Waals surface area contributed by atoms with Gasteiger partial charge in [0.25, 0.3) is 0 Å². The summed E-state index contributed by atoms with van der Waals surface area (Å²) in [6.07, 6.45) is 0.510. The van der Waals surface area contributed by atoms with Crippen LogP contribution in [0.2, 0.25) is 10.0 Å². The van der Waals surface area contributed by atoms with Gasteiger partial charge >= 0.3 is 0 Å². The molecule has 0 amide bonds. The summed E-state index contributed by atoms with van der Waals surface area (Å²) >= 11 is 11.7. The number of hydrogen-bond acceptors (Lipinski definition) is 2. The highest BCUT2D eigenvalue weighted by molar-refractivity contribution is 6.42. The fraction of sp³-hybridized carbons (Fsp3) is 0.222. The third-order valence-electron chi connectivity index (χ3n) is 1.65. The molecule has 0 aliphatic heterocycles.